The second kappa shape index (κ2) is 6.41. The first kappa shape index (κ1) is 15.7. The van der Waals surface area contributed by atoms with Crippen LogP contribution in [0.15, 0.2) is 47.4 Å². The lowest BCUT2D eigenvalue weighted by atomic mass is 10.1. The zero-order valence-electron chi connectivity index (χ0n) is 11.1. The highest BCUT2D eigenvalue weighted by Gasteiger charge is 2.33. The molecule has 2 aromatic carbocycles. The van der Waals surface area contributed by atoms with Crippen LogP contribution in [0.25, 0.3) is 0 Å². The second-order valence-electron chi connectivity index (χ2n) is 4.25. The molecule has 0 heterocycles. The van der Waals surface area contributed by atoms with E-state index in [-0.39, 0.29) is 11.3 Å². The molecule has 2 aromatic rings. The molecule has 2 nitrogen and oxygen atoms in total. The number of aliphatic hydroxyl groups is 1. The molecular weight excluding hydrogens is 301 g/mol. The molecule has 0 atom stereocenters. The van der Waals surface area contributed by atoms with E-state index in [4.69, 9.17) is 9.84 Å². The summed E-state index contributed by atoms with van der Waals surface area (Å²) in [6.45, 7) is -0.669. The molecule has 0 amide bonds. The second-order valence-corrected chi connectivity index (χ2v) is 5.13. The molecule has 0 fully saturated rings. The van der Waals surface area contributed by atoms with E-state index < -0.39 is 18.3 Å². The smallest absolute Gasteiger partial charge is 0.416 e. The average Bonchev–Trinajstić information content (AvgIpc) is 2.47. The molecule has 0 radical (unpaired) electrons. The van der Waals surface area contributed by atoms with Crippen molar-refractivity contribution >= 4 is 11.8 Å². The first-order valence-electron chi connectivity index (χ1n) is 6.07. The maximum atomic E-state index is 12.9. The summed E-state index contributed by atoms with van der Waals surface area (Å²) >= 11 is 1.56. The number of aliphatic hydroxyl groups excluding tert-OH is 1. The SMILES string of the molecule is CSc1ccc(Oc2ccc(CO)c(C(F)(F)F)c2)cc1. The predicted octanol–water partition coefficient (Wildman–Crippen LogP) is 4.71. The van der Waals surface area contributed by atoms with Crippen molar-refractivity contribution in [1.82, 2.24) is 0 Å². The van der Waals surface area contributed by atoms with E-state index in [1.165, 1.54) is 12.1 Å². The van der Waals surface area contributed by atoms with E-state index in [1.54, 1.807) is 23.9 Å². The van der Waals surface area contributed by atoms with Crippen LogP contribution in [0, 0.1) is 0 Å². The highest BCUT2D eigenvalue weighted by molar-refractivity contribution is 7.98. The zero-order chi connectivity index (χ0) is 15.5. The normalized spacial score (nSPS) is 11.5. The van der Waals surface area contributed by atoms with Gasteiger partial charge in [0.25, 0.3) is 0 Å². The van der Waals surface area contributed by atoms with Crippen molar-refractivity contribution in [2.45, 2.75) is 17.7 Å². The molecular formula is C15H13F3O2S. The van der Waals surface area contributed by atoms with Gasteiger partial charge >= 0.3 is 6.18 Å². The van der Waals surface area contributed by atoms with Crippen molar-refractivity contribution in [3.63, 3.8) is 0 Å². The molecule has 0 aliphatic carbocycles. The van der Waals surface area contributed by atoms with Crippen molar-refractivity contribution in [3.8, 4) is 11.5 Å². The van der Waals surface area contributed by atoms with Gasteiger partial charge in [0.05, 0.1) is 12.2 Å². The predicted molar refractivity (Wildman–Crippen MR) is 75.7 cm³/mol. The molecule has 0 bridgehead atoms. The third-order valence-corrected chi connectivity index (χ3v) is 3.60. The first-order chi connectivity index (χ1) is 9.94. The number of halogens is 3. The van der Waals surface area contributed by atoms with Crippen molar-refractivity contribution in [2.24, 2.45) is 0 Å². The Morgan fingerprint density at radius 1 is 1.05 bits per heavy atom. The lowest BCUT2D eigenvalue weighted by Crippen LogP contribution is -2.09. The van der Waals surface area contributed by atoms with Crippen LogP contribution in [-0.4, -0.2) is 11.4 Å². The summed E-state index contributed by atoms with van der Waals surface area (Å²) in [7, 11) is 0. The van der Waals surface area contributed by atoms with Gasteiger partial charge in [-0.25, -0.2) is 0 Å². The largest absolute Gasteiger partial charge is 0.457 e. The van der Waals surface area contributed by atoms with Crippen LogP contribution >= 0.6 is 11.8 Å². The Morgan fingerprint density at radius 2 is 1.67 bits per heavy atom. The van der Waals surface area contributed by atoms with Crippen molar-refractivity contribution in [2.75, 3.05) is 6.26 Å². The highest BCUT2D eigenvalue weighted by atomic mass is 32.2. The molecule has 0 unspecified atom stereocenters. The molecule has 0 aliphatic rings. The fraction of sp³-hybridized carbons (Fsp3) is 0.200. The Hall–Kier alpha value is -1.66. The molecule has 0 aliphatic heterocycles. The van der Waals surface area contributed by atoms with Gasteiger partial charge in [0, 0.05) is 4.90 Å². The maximum Gasteiger partial charge on any atom is 0.416 e. The van der Waals surface area contributed by atoms with E-state index in [9.17, 15) is 13.2 Å². The number of thioether (sulfide) groups is 1. The molecule has 21 heavy (non-hydrogen) atoms. The number of hydrogen-bond donors (Lipinski definition) is 1. The number of rotatable bonds is 4. The number of ether oxygens (including phenoxy) is 1. The van der Waals surface area contributed by atoms with Crippen molar-refractivity contribution in [1.29, 1.82) is 0 Å². The van der Waals surface area contributed by atoms with Gasteiger partial charge in [-0.05, 0) is 48.2 Å². The highest BCUT2D eigenvalue weighted by Crippen LogP contribution is 2.35. The Morgan fingerprint density at radius 3 is 2.19 bits per heavy atom. The first-order valence-corrected chi connectivity index (χ1v) is 7.29. The Balaban J connectivity index is 2.27. The molecule has 0 spiro atoms. The average molecular weight is 314 g/mol. The van der Waals surface area contributed by atoms with E-state index in [2.05, 4.69) is 0 Å². The lowest BCUT2D eigenvalue weighted by molar-refractivity contribution is -0.138. The van der Waals surface area contributed by atoms with Crippen LogP contribution in [0.4, 0.5) is 13.2 Å². The standard InChI is InChI=1S/C15H13F3O2S/c1-21-13-6-4-11(5-7-13)20-12-3-2-10(9-19)14(8-12)15(16,17)18/h2-8,19H,9H2,1H3. The van der Waals surface area contributed by atoms with Gasteiger partial charge < -0.3 is 9.84 Å². The number of alkyl halides is 3. The summed E-state index contributed by atoms with van der Waals surface area (Å²) in [5, 5.41) is 8.98. The minimum absolute atomic E-state index is 0.0800. The fourth-order valence-electron chi connectivity index (χ4n) is 1.80. The molecule has 2 rings (SSSR count). The van der Waals surface area contributed by atoms with Crippen molar-refractivity contribution in [3.05, 3.63) is 53.6 Å². The van der Waals surface area contributed by atoms with Crippen molar-refractivity contribution < 1.29 is 23.0 Å². The summed E-state index contributed by atoms with van der Waals surface area (Å²) in [4.78, 5) is 1.04. The van der Waals surface area contributed by atoms with E-state index in [0.29, 0.717) is 5.75 Å². The van der Waals surface area contributed by atoms with Gasteiger partial charge in [0.15, 0.2) is 0 Å². The molecule has 0 saturated carbocycles. The summed E-state index contributed by atoms with van der Waals surface area (Å²) in [6, 6.07) is 10.6. The van der Waals surface area contributed by atoms with Crippen LogP contribution in [0.5, 0.6) is 11.5 Å². The monoisotopic (exact) mass is 314 g/mol. The summed E-state index contributed by atoms with van der Waals surface area (Å²) < 4.78 is 44.1. The molecule has 0 saturated heterocycles. The lowest BCUT2D eigenvalue weighted by Gasteiger charge is -2.13. The molecule has 112 valence electrons. The van der Waals surface area contributed by atoms with Crippen LogP contribution in [0.3, 0.4) is 0 Å². The quantitative estimate of drug-likeness (QED) is 0.829. The zero-order valence-corrected chi connectivity index (χ0v) is 12.0. The van der Waals surface area contributed by atoms with Crippen LogP contribution in [0.1, 0.15) is 11.1 Å². The van der Waals surface area contributed by atoms with Crippen LogP contribution in [0.2, 0.25) is 0 Å². The summed E-state index contributed by atoms with van der Waals surface area (Å²) in [5.41, 5.74) is -1.06. The third-order valence-electron chi connectivity index (χ3n) is 2.85. The van der Waals surface area contributed by atoms with Gasteiger partial charge in [0.1, 0.15) is 11.5 Å². The fourth-order valence-corrected chi connectivity index (χ4v) is 2.21. The van der Waals surface area contributed by atoms with Crippen LogP contribution in [-0.2, 0) is 12.8 Å². The van der Waals surface area contributed by atoms with E-state index >= 15 is 0 Å². The summed E-state index contributed by atoms with van der Waals surface area (Å²) in [6.07, 6.45) is -2.60. The van der Waals surface area contributed by atoms with Gasteiger partial charge in [0.2, 0.25) is 0 Å². The molecule has 0 aromatic heterocycles. The number of hydrogen-bond acceptors (Lipinski definition) is 3. The Bertz CT molecular complexity index is 609. The number of benzene rings is 2. The topological polar surface area (TPSA) is 29.5 Å². The third kappa shape index (κ3) is 3.92. The Kier molecular flexibility index (Phi) is 4.80. The van der Waals surface area contributed by atoms with E-state index in [0.717, 1.165) is 11.0 Å². The van der Waals surface area contributed by atoms with Gasteiger partial charge in [-0.1, -0.05) is 6.07 Å². The minimum atomic E-state index is -4.53. The van der Waals surface area contributed by atoms with E-state index in [1.807, 2.05) is 18.4 Å². The molecule has 1 N–H and O–H groups in total. The molecule has 6 heteroatoms. The van der Waals surface area contributed by atoms with Gasteiger partial charge in [-0.15, -0.1) is 11.8 Å². The van der Waals surface area contributed by atoms with Gasteiger partial charge in [-0.3, -0.25) is 0 Å². The Labute approximate surface area is 124 Å². The van der Waals surface area contributed by atoms with Crippen LogP contribution < -0.4 is 4.74 Å². The van der Waals surface area contributed by atoms with Gasteiger partial charge in [-0.2, -0.15) is 13.2 Å². The maximum absolute atomic E-state index is 12.9. The minimum Gasteiger partial charge on any atom is -0.457 e. The summed E-state index contributed by atoms with van der Waals surface area (Å²) in [5.74, 6) is 0.536.